The summed E-state index contributed by atoms with van der Waals surface area (Å²) in [6.07, 6.45) is 6.74. The number of ether oxygens (including phenoxy) is 4. The molecule has 0 spiro atoms. The van der Waals surface area contributed by atoms with Crippen LogP contribution in [-0.2, 0) is 16.6 Å². The fourth-order valence-electron chi connectivity index (χ4n) is 6.12. The first-order valence-electron chi connectivity index (χ1n) is 15.9. The summed E-state index contributed by atoms with van der Waals surface area (Å²) in [5.74, 6) is -1.43. The summed E-state index contributed by atoms with van der Waals surface area (Å²) in [5.41, 5.74) is 5.02. The van der Waals surface area contributed by atoms with Crippen LogP contribution in [0.2, 0.25) is 0 Å². The molecule has 0 unspecified atom stereocenters. The highest BCUT2D eigenvalue weighted by atomic mass is 19.1. The van der Waals surface area contributed by atoms with Crippen molar-refractivity contribution in [1.82, 2.24) is 14.3 Å². The zero-order valence-corrected chi connectivity index (χ0v) is 27.4. The Kier molecular flexibility index (Phi) is 9.81. The fraction of sp³-hybridized carbons (Fsp3) is 0.278. The number of halogens is 2. The molecule has 14 heteroatoms. The monoisotopic (exact) mass is 687 g/mol. The van der Waals surface area contributed by atoms with Gasteiger partial charge in [0.2, 0.25) is 0 Å². The molecule has 1 fully saturated rings. The number of aryl methyl sites for hydroxylation is 1. The molecular weight excluding hydrogens is 652 g/mol. The van der Waals surface area contributed by atoms with E-state index in [1.165, 1.54) is 65.3 Å². The van der Waals surface area contributed by atoms with Crippen molar-refractivity contribution in [2.45, 2.75) is 37.7 Å². The molecule has 5 aromatic rings. The van der Waals surface area contributed by atoms with Gasteiger partial charge in [0.25, 0.3) is 11.5 Å². The Hall–Kier alpha value is -5.76. The van der Waals surface area contributed by atoms with Gasteiger partial charge in [-0.2, -0.15) is 0 Å². The van der Waals surface area contributed by atoms with Crippen molar-refractivity contribution in [3.63, 3.8) is 0 Å². The highest BCUT2D eigenvalue weighted by Crippen LogP contribution is 2.40. The van der Waals surface area contributed by atoms with Gasteiger partial charge in [-0.15, -0.1) is 0 Å². The van der Waals surface area contributed by atoms with Gasteiger partial charge in [-0.25, -0.2) is 13.5 Å². The van der Waals surface area contributed by atoms with E-state index in [2.05, 4.69) is 10.3 Å². The quantitative estimate of drug-likeness (QED) is 0.159. The third-order valence-electron chi connectivity index (χ3n) is 8.59. The fourth-order valence-corrected chi connectivity index (χ4v) is 6.12. The first kappa shape index (κ1) is 34.1. The molecule has 12 nitrogen and oxygen atoms in total. The summed E-state index contributed by atoms with van der Waals surface area (Å²) < 4.78 is 54.6. The van der Waals surface area contributed by atoms with Gasteiger partial charge < -0.3 is 30.0 Å². The Morgan fingerprint density at radius 3 is 2.44 bits per heavy atom. The summed E-state index contributed by atoms with van der Waals surface area (Å²) in [6, 6.07) is 14.1. The molecule has 0 radical (unpaired) electrons. The number of aromatic nitrogens is 3. The van der Waals surface area contributed by atoms with Crippen LogP contribution in [0.5, 0.6) is 23.0 Å². The number of methoxy groups -OCH3 is 1. The lowest BCUT2D eigenvalue weighted by Crippen LogP contribution is -2.36. The first-order chi connectivity index (χ1) is 24.1. The van der Waals surface area contributed by atoms with Crippen LogP contribution in [0.4, 0.5) is 14.5 Å². The van der Waals surface area contributed by atoms with Gasteiger partial charge in [-0.3, -0.25) is 24.0 Å². The zero-order valence-electron chi connectivity index (χ0n) is 27.4. The number of rotatable bonds is 12. The summed E-state index contributed by atoms with van der Waals surface area (Å²) in [5, 5.41) is 3.07. The molecule has 2 heterocycles. The van der Waals surface area contributed by atoms with Crippen LogP contribution in [0.3, 0.4) is 0 Å². The van der Waals surface area contributed by atoms with Crippen molar-refractivity contribution in [3.8, 4) is 28.7 Å². The SMILES string of the molecule is COc1cc2c(Oc3ccc(NC(=O)c4cn(C)n(-c5ccc(F)cc5)c4=O)cc3F)ccnc2cc1OCCC1(OC(=O)CN)CCCC1. The molecule has 50 heavy (non-hydrogen) atoms. The molecule has 260 valence electrons. The van der Waals surface area contributed by atoms with Crippen molar-refractivity contribution in [1.29, 1.82) is 0 Å². The van der Waals surface area contributed by atoms with E-state index in [0.29, 0.717) is 40.3 Å². The number of pyridine rings is 1. The Bertz CT molecular complexity index is 2110. The number of hydrogen-bond donors (Lipinski definition) is 2. The smallest absolute Gasteiger partial charge is 0.320 e. The number of fused-ring (bicyclic) bond motifs is 1. The summed E-state index contributed by atoms with van der Waals surface area (Å²) in [7, 11) is 3.06. The summed E-state index contributed by atoms with van der Waals surface area (Å²) in [4.78, 5) is 42.4. The topological polar surface area (TPSA) is 149 Å². The highest BCUT2D eigenvalue weighted by Gasteiger charge is 2.37. The maximum atomic E-state index is 15.3. The van der Waals surface area contributed by atoms with Crippen LogP contribution in [0.15, 0.2) is 77.9 Å². The minimum absolute atomic E-state index is 0.0941. The van der Waals surface area contributed by atoms with E-state index in [9.17, 15) is 18.8 Å². The van der Waals surface area contributed by atoms with Crippen LogP contribution >= 0.6 is 0 Å². The van der Waals surface area contributed by atoms with Gasteiger partial charge in [0.05, 0.1) is 31.5 Å². The number of hydrogen-bond acceptors (Lipinski definition) is 9. The predicted molar refractivity (Wildman–Crippen MR) is 180 cm³/mol. The number of nitrogens with one attached hydrogen (secondary N) is 1. The van der Waals surface area contributed by atoms with Crippen LogP contribution in [0.25, 0.3) is 16.6 Å². The molecule has 1 amide bonds. The molecule has 1 aliphatic rings. The number of amides is 1. The largest absolute Gasteiger partial charge is 0.493 e. The third kappa shape index (κ3) is 7.15. The lowest BCUT2D eigenvalue weighted by Gasteiger charge is -2.29. The van der Waals surface area contributed by atoms with Crippen LogP contribution < -0.4 is 30.8 Å². The molecule has 1 aliphatic carbocycles. The number of carbonyl (C=O) groups is 2. The Morgan fingerprint density at radius 2 is 1.74 bits per heavy atom. The van der Waals surface area contributed by atoms with E-state index in [1.807, 2.05) is 0 Å². The van der Waals surface area contributed by atoms with E-state index in [1.54, 1.807) is 25.2 Å². The minimum Gasteiger partial charge on any atom is -0.493 e. The molecule has 3 aromatic carbocycles. The number of esters is 1. The van der Waals surface area contributed by atoms with E-state index in [0.717, 1.165) is 31.7 Å². The van der Waals surface area contributed by atoms with E-state index in [4.69, 9.17) is 24.7 Å². The Balaban J connectivity index is 1.16. The Morgan fingerprint density at radius 1 is 0.980 bits per heavy atom. The number of anilines is 1. The van der Waals surface area contributed by atoms with Crippen molar-refractivity contribution in [3.05, 3.63) is 101 Å². The van der Waals surface area contributed by atoms with Gasteiger partial charge in [-0.05, 0) is 74.2 Å². The van der Waals surface area contributed by atoms with Gasteiger partial charge >= 0.3 is 5.97 Å². The van der Waals surface area contributed by atoms with Gasteiger partial charge in [0, 0.05) is 49.1 Å². The maximum Gasteiger partial charge on any atom is 0.320 e. The van der Waals surface area contributed by atoms with Gasteiger partial charge in [0.15, 0.2) is 23.1 Å². The van der Waals surface area contributed by atoms with E-state index >= 15 is 4.39 Å². The second-order valence-corrected chi connectivity index (χ2v) is 11.9. The summed E-state index contributed by atoms with van der Waals surface area (Å²) >= 11 is 0. The molecule has 0 saturated heterocycles. The standard InChI is InChI=1S/C36H35F2N5O7/c1-42-21-26(35(46)43(42)24-8-5-22(37)6-9-24)34(45)41-23-7-10-30(27(38)17-23)49-29-11-15-40-28-19-32(31(47-2)18-25(28)29)48-16-14-36(12-3-4-13-36)50-33(44)20-39/h5-11,15,17-19,21H,3-4,12-14,16,20,39H2,1-2H3,(H,41,45). The number of nitrogens with two attached hydrogens (primary N) is 1. The van der Waals surface area contributed by atoms with Gasteiger partial charge in [0.1, 0.15) is 22.7 Å². The molecule has 1 saturated carbocycles. The maximum absolute atomic E-state index is 15.3. The molecule has 2 aromatic heterocycles. The second kappa shape index (κ2) is 14.4. The van der Waals surface area contributed by atoms with Crippen molar-refractivity contribution in [2.75, 3.05) is 25.6 Å². The lowest BCUT2D eigenvalue weighted by atomic mass is 9.98. The Labute approximate surface area is 285 Å². The highest BCUT2D eigenvalue weighted by molar-refractivity contribution is 6.04. The minimum atomic E-state index is -0.771. The third-order valence-corrected chi connectivity index (χ3v) is 8.59. The van der Waals surface area contributed by atoms with E-state index in [-0.39, 0.29) is 30.2 Å². The van der Waals surface area contributed by atoms with Crippen LogP contribution in [-0.4, -0.2) is 52.1 Å². The van der Waals surface area contributed by atoms with Gasteiger partial charge in [-0.1, -0.05) is 0 Å². The predicted octanol–water partition coefficient (Wildman–Crippen LogP) is 5.64. The van der Waals surface area contributed by atoms with Crippen molar-refractivity contribution < 1.29 is 37.3 Å². The van der Waals surface area contributed by atoms with Crippen LogP contribution in [0, 0.1) is 11.6 Å². The molecule has 3 N–H and O–H groups in total. The lowest BCUT2D eigenvalue weighted by molar-refractivity contribution is -0.158. The molecule has 6 rings (SSSR count). The average Bonchev–Trinajstić information content (AvgIpc) is 3.69. The number of carbonyl (C=O) groups excluding carboxylic acids is 2. The number of benzene rings is 3. The van der Waals surface area contributed by atoms with Crippen LogP contribution in [0.1, 0.15) is 42.5 Å². The molecule has 0 bridgehead atoms. The van der Waals surface area contributed by atoms with Crippen molar-refractivity contribution >= 4 is 28.5 Å². The second-order valence-electron chi connectivity index (χ2n) is 11.9. The first-order valence-corrected chi connectivity index (χ1v) is 15.9. The molecule has 0 aliphatic heterocycles. The zero-order chi connectivity index (χ0) is 35.4. The molecular formula is C36H35F2N5O7. The normalized spacial score (nSPS) is 13.6. The van der Waals surface area contributed by atoms with Crippen molar-refractivity contribution in [2.24, 2.45) is 12.8 Å². The summed E-state index contributed by atoms with van der Waals surface area (Å²) in [6.45, 7) is 0.0824. The average molecular weight is 688 g/mol. The van der Waals surface area contributed by atoms with E-state index < -0.39 is 34.7 Å². The molecule has 0 atom stereocenters. The number of nitrogens with zero attached hydrogens (tertiary/aromatic N) is 3.